The minimum atomic E-state index is -1.91. The number of phenols is 1. The van der Waals surface area contributed by atoms with Crippen molar-refractivity contribution in [2.45, 2.75) is 49.1 Å². The molecule has 1 saturated heterocycles. The Labute approximate surface area is 190 Å². The molecule has 3 rings (SSSR count). The van der Waals surface area contributed by atoms with Gasteiger partial charge < -0.3 is 41.3 Å². The molecule has 1 aliphatic rings. The molecule has 7 atom stereocenters. The molecule has 2 aromatic rings. The number of benzene rings is 1. The predicted molar refractivity (Wildman–Crippen MR) is 113 cm³/mol. The molecule has 34 heavy (non-hydrogen) atoms. The number of aromatic hydroxyl groups is 1. The van der Waals surface area contributed by atoms with E-state index >= 15 is 0 Å². The zero-order valence-corrected chi connectivity index (χ0v) is 17.5. The van der Waals surface area contributed by atoms with E-state index in [1.807, 2.05) is 4.98 Å². The number of nitrogens with zero attached hydrogens (tertiary/aromatic N) is 1. The highest BCUT2D eigenvalue weighted by Gasteiger charge is 2.50. The maximum Gasteiger partial charge on any atom is 0.330 e. The molecule has 1 fully saturated rings. The van der Waals surface area contributed by atoms with Gasteiger partial charge >= 0.3 is 11.7 Å². The molecule has 1 aromatic heterocycles. The number of carbonyl (C=O) groups excluding carboxylic acids is 1. The smallest absolute Gasteiger partial charge is 0.330 e. The van der Waals surface area contributed by atoms with Crippen LogP contribution in [0.4, 0.5) is 0 Å². The molecule has 1 aromatic carbocycles. The Kier molecular flexibility index (Phi) is 7.48. The van der Waals surface area contributed by atoms with E-state index in [0.29, 0.717) is 5.56 Å². The van der Waals surface area contributed by atoms with Crippen molar-refractivity contribution in [3.63, 3.8) is 0 Å². The predicted octanol–water partition coefficient (Wildman–Crippen LogP) is -3.64. The van der Waals surface area contributed by atoms with E-state index < -0.39 is 65.9 Å². The maximum absolute atomic E-state index is 12.5. The first-order chi connectivity index (χ1) is 16.0. The van der Waals surface area contributed by atoms with Crippen molar-refractivity contribution >= 4 is 11.9 Å². The molecule has 0 saturated carbocycles. The number of nitrogens with two attached hydrogens (primary N) is 1. The zero-order valence-electron chi connectivity index (χ0n) is 17.5. The molecule has 2 heterocycles. The Balaban J connectivity index is 1.73. The van der Waals surface area contributed by atoms with Crippen LogP contribution in [0.15, 0.2) is 46.1 Å². The minimum absolute atomic E-state index is 0.00400. The van der Waals surface area contributed by atoms with Crippen molar-refractivity contribution in [2.75, 3.05) is 0 Å². The van der Waals surface area contributed by atoms with Gasteiger partial charge in [-0.15, -0.1) is 0 Å². The third-order valence-corrected chi connectivity index (χ3v) is 5.39. The van der Waals surface area contributed by atoms with E-state index in [9.17, 15) is 44.7 Å². The molecule has 9 N–H and O–H groups in total. The first-order valence-corrected chi connectivity index (χ1v) is 10.1. The quantitative estimate of drug-likeness (QED) is 0.183. The lowest BCUT2D eigenvalue weighted by molar-refractivity contribution is -0.149. The van der Waals surface area contributed by atoms with Crippen LogP contribution in [0.1, 0.15) is 11.8 Å². The second-order valence-electron chi connectivity index (χ2n) is 7.78. The van der Waals surface area contributed by atoms with Crippen molar-refractivity contribution < 1.29 is 39.9 Å². The number of hydrogen-bond acceptors (Lipinski definition) is 10. The summed E-state index contributed by atoms with van der Waals surface area (Å²) in [5.74, 6) is -2.71. The molecule has 0 unspecified atom stereocenters. The van der Waals surface area contributed by atoms with Gasteiger partial charge in [0, 0.05) is 18.7 Å². The summed E-state index contributed by atoms with van der Waals surface area (Å²) < 4.78 is 6.14. The Morgan fingerprint density at radius 3 is 2.38 bits per heavy atom. The second-order valence-corrected chi connectivity index (χ2v) is 7.78. The number of aliphatic hydroxyl groups is 3. The van der Waals surface area contributed by atoms with Crippen LogP contribution >= 0.6 is 0 Å². The largest absolute Gasteiger partial charge is 0.508 e. The van der Waals surface area contributed by atoms with Gasteiger partial charge in [-0.25, -0.2) is 9.59 Å². The molecule has 0 bridgehead atoms. The standard InChI is InChI=1S/C20H24N4O10/c21-12(10(26)7-8-1-3-9(25)4-2-8)17(30)23-13(19(31)32)16-14(28)15(29)18(34-16)24-6-5-11(27)22-20(24)33/h1-6,10,12-16,18,25-26,28-29H,7,21H2,(H,23,30)(H,31,32)(H,22,27,33)/t10-,12+,13+,14+,15-,16-,18-/m1/s1. The third-order valence-electron chi connectivity index (χ3n) is 5.39. The summed E-state index contributed by atoms with van der Waals surface area (Å²) in [6.45, 7) is 0. The first-order valence-electron chi connectivity index (χ1n) is 10.1. The summed E-state index contributed by atoms with van der Waals surface area (Å²) in [5.41, 5.74) is 4.62. The highest BCUT2D eigenvalue weighted by Crippen LogP contribution is 2.30. The number of amides is 1. The number of aromatic nitrogens is 2. The van der Waals surface area contributed by atoms with Crippen LogP contribution < -0.4 is 22.3 Å². The fraction of sp³-hybridized carbons (Fsp3) is 0.400. The number of carbonyl (C=O) groups is 2. The molecular weight excluding hydrogens is 456 g/mol. The zero-order chi connectivity index (χ0) is 25.2. The molecule has 14 heteroatoms. The first kappa shape index (κ1) is 25.1. The molecule has 14 nitrogen and oxygen atoms in total. The normalized spacial score (nSPS) is 24.8. The Morgan fingerprint density at radius 2 is 1.79 bits per heavy atom. The fourth-order valence-electron chi connectivity index (χ4n) is 3.53. The van der Waals surface area contributed by atoms with Gasteiger partial charge in [-0.05, 0) is 17.7 Å². The number of hydrogen-bond donors (Lipinski definition) is 8. The lowest BCUT2D eigenvalue weighted by Crippen LogP contribution is -2.58. The lowest BCUT2D eigenvalue weighted by atomic mass is 10.00. The molecule has 0 aliphatic carbocycles. The molecule has 0 radical (unpaired) electrons. The molecule has 184 valence electrons. The second kappa shape index (κ2) is 10.1. The molecular formula is C20H24N4O10. The van der Waals surface area contributed by atoms with E-state index in [1.165, 1.54) is 24.3 Å². The number of carboxylic acid groups (broad SMARTS) is 1. The summed E-state index contributed by atoms with van der Waals surface area (Å²) in [6, 6.07) is 3.25. The topological polar surface area (TPSA) is 237 Å². The number of rotatable bonds is 8. The van der Waals surface area contributed by atoms with Crippen LogP contribution in [0.25, 0.3) is 0 Å². The summed E-state index contributed by atoms with van der Waals surface area (Å²) in [7, 11) is 0. The monoisotopic (exact) mass is 480 g/mol. The van der Waals surface area contributed by atoms with Crippen molar-refractivity contribution in [3.8, 4) is 5.75 Å². The summed E-state index contributed by atoms with van der Waals surface area (Å²) >= 11 is 0. The molecule has 1 aliphatic heterocycles. The number of H-pyrrole nitrogens is 1. The molecule has 1 amide bonds. The van der Waals surface area contributed by atoms with Crippen molar-refractivity contribution in [3.05, 3.63) is 62.9 Å². The lowest BCUT2D eigenvalue weighted by Gasteiger charge is -2.26. The van der Waals surface area contributed by atoms with Gasteiger partial charge in [-0.2, -0.15) is 0 Å². The number of aromatic amines is 1. The van der Waals surface area contributed by atoms with E-state index in [0.717, 1.165) is 16.8 Å². The summed E-state index contributed by atoms with van der Waals surface area (Å²) in [5, 5.41) is 51.9. The Morgan fingerprint density at radius 1 is 1.15 bits per heavy atom. The van der Waals surface area contributed by atoms with Crippen molar-refractivity contribution in [1.29, 1.82) is 0 Å². The van der Waals surface area contributed by atoms with Gasteiger partial charge in [0.2, 0.25) is 5.91 Å². The van der Waals surface area contributed by atoms with Crippen LogP contribution in [-0.2, 0) is 20.7 Å². The highest BCUT2D eigenvalue weighted by molar-refractivity contribution is 5.87. The van der Waals surface area contributed by atoms with Gasteiger partial charge in [-0.3, -0.25) is 19.1 Å². The van der Waals surface area contributed by atoms with E-state index in [1.54, 1.807) is 0 Å². The van der Waals surface area contributed by atoms with Gasteiger partial charge in [0.15, 0.2) is 12.3 Å². The maximum atomic E-state index is 12.5. The Hall–Kier alpha value is -3.56. The summed E-state index contributed by atoms with van der Waals surface area (Å²) in [6.07, 6.45) is -7.39. The van der Waals surface area contributed by atoms with Crippen LogP contribution in [0.5, 0.6) is 5.75 Å². The number of aliphatic carboxylic acids is 1. The van der Waals surface area contributed by atoms with Crippen LogP contribution in [0.2, 0.25) is 0 Å². The third kappa shape index (κ3) is 5.32. The highest BCUT2D eigenvalue weighted by atomic mass is 16.6. The van der Waals surface area contributed by atoms with Crippen LogP contribution in [-0.4, -0.2) is 83.5 Å². The van der Waals surface area contributed by atoms with Gasteiger partial charge in [0.05, 0.1) is 6.10 Å². The number of nitrogens with one attached hydrogen (secondary N) is 2. The van der Waals surface area contributed by atoms with Gasteiger partial charge in [0.25, 0.3) is 5.56 Å². The average Bonchev–Trinajstić information content (AvgIpc) is 3.07. The minimum Gasteiger partial charge on any atom is -0.508 e. The van der Waals surface area contributed by atoms with Gasteiger partial charge in [0.1, 0.15) is 30.1 Å². The number of phenolic OH excluding ortho intramolecular Hbond substituents is 1. The number of ether oxygens (including phenoxy) is 1. The fourth-order valence-corrected chi connectivity index (χ4v) is 3.53. The average molecular weight is 480 g/mol. The van der Waals surface area contributed by atoms with E-state index in [4.69, 9.17) is 10.5 Å². The van der Waals surface area contributed by atoms with Crippen molar-refractivity contribution in [1.82, 2.24) is 14.9 Å². The number of aliphatic hydroxyl groups excluding tert-OH is 3. The molecule has 0 spiro atoms. The van der Waals surface area contributed by atoms with E-state index in [2.05, 4.69) is 5.32 Å². The van der Waals surface area contributed by atoms with Crippen LogP contribution in [0.3, 0.4) is 0 Å². The number of carboxylic acids is 1. The Bertz CT molecular complexity index is 1150. The van der Waals surface area contributed by atoms with Gasteiger partial charge in [-0.1, -0.05) is 12.1 Å². The van der Waals surface area contributed by atoms with E-state index in [-0.39, 0.29) is 12.2 Å². The van der Waals surface area contributed by atoms with Crippen molar-refractivity contribution in [2.24, 2.45) is 5.73 Å². The van der Waals surface area contributed by atoms with Crippen LogP contribution in [0, 0.1) is 0 Å². The SMILES string of the molecule is N[C@H](C(=O)N[C@H](C(=O)O)[C@H]1O[C@@H](n2ccc(=O)[nH]c2=O)[C@H](O)[C@@H]1O)[C@H](O)Cc1ccc(O)cc1. The summed E-state index contributed by atoms with van der Waals surface area (Å²) in [4.78, 5) is 49.5.